The number of morpholine rings is 1. The van der Waals surface area contributed by atoms with Gasteiger partial charge in [0.15, 0.2) is 0 Å². The minimum atomic E-state index is -0.325. The predicted molar refractivity (Wildman–Crippen MR) is 108 cm³/mol. The van der Waals surface area contributed by atoms with E-state index in [0.29, 0.717) is 24.1 Å². The fraction of sp³-hybridized carbons (Fsp3) is 0.381. The summed E-state index contributed by atoms with van der Waals surface area (Å²) in [5.41, 5.74) is 7.34. The molecule has 1 aromatic heterocycles. The number of carbonyl (C=O) groups is 2. The average molecular weight is 382 g/mol. The molecule has 1 aliphatic rings. The first-order valence-corrected chi connectivity index (χ1v) is 9.46. The van der Waals surface area contributed by atoms with Crippen molar-refractivity contribution in [2.24, 2.45) is 5.73 Å². The lowest BCUT2D eigenvalue weighted by Crippen LogP contribution is -2.45. The number of carbonyl (C=O) groups excluding carboxylic acids is 2. The van der Waals surface area contributed by atoms with Crippen molar-refractivity contribution in [2.75, 3.05) is 23.3 Å². The molecular weight excluding hydrogens is 356 g/mol. The second-order valence-electron chi connectivity index (χ2n) is 7.18. The number of amides is 2. The van der Waals surface area contributed by atoms with E-state index < -0.39 is 0 Å². The fourth-order valence-electron chi connectivity index (χ4n) is 3.30. The van der Waals surface area contributed by atoms with Gasteiger partial charge in [0.25, 0.3) is 5.91 Å². The van der Waals surface area contributed by atoms with Gasteiger partial charge in [-0.15, -0.1) is 0 Å². The summed E-state index contributed by atoms with van der Waals surface area (Å²) >= 11 is 0. The van der Waals surface area contributed by atoms with Crippen molar-refractivity contribution in [1.82, 2.24) is 4.98 Å². The summed E-state index contributed by atoms with van der Waals surface area (Å²) in [6, 6.07) is 11.0. The molecule has 7 nitrogen and oxygen atoms in total. The molecule has 0 spiro atoms. The molecule has 0 radical (unpaired) electrons. The highest BCUT2D eigenvalue weighted by Gasteiger charge is 2.23. The van der Waals surface area contributed by atoms with Crippen LogP contribution < -0.4 is 16.0 Å². The van der Waals surface area contributed by atoms with Gasteiger partial charge in [0.2, 0.25) is 5.91 Å². The van der Waals surface area contributed by atoms with Crippen molar-refractivity contribution in [1.29, 1.82) is 0 Å². The number of nitrogens with zero attached hydrogens (tertiary/aromatic N) is 2. The summed E-state index contributed by atoms with van der Waals surface area (Å²) in [6.07, 6.45) is 2.80. The molecule has 148 valence electrons. The maximum Gasteiger partial charge on any atom is 0.257 e. The number of hydrogen-bond acceptors (Lipinski definition) is 5. The van der Waals surface area contributed by atoms with Crippen LogP contribution >= 0.6 is 0 Å². The molecule has 0 bridgehead atoms. The molecule has 1 fully saturated rings. The van der Waals surface area contributed by atoms with E-state index in [1.165, 1.54) is 0 Å². The number of anilines is 2. The standard InChI is InChI=1S/C21H26N4O3/c1-14-12-25(13-15(2)28-14)20-10-6-17(11-23-20)21(27)24-18-7-3-16(4-8-18)5-9-19(22)26/h3-4,6-8,10-11,14-15H,5,9,12-13H2,1-2H3,(H2,22,26)(H,24,27). The first-order valence-electron chi connectivity index (χ1n) is 9.46. The minimum Gasteiger partial charge on any atom is -0.372 e. The maximum atomic E-state index is 12.5. The Bertz CT molecular complexity index is 811. The molecule has 7 heteroatoms. The van der Waals surface area contributed by atoms with E-state index in [4.69, 9.17) is 10.5 Å². The summed E-state index contributed by atoms with van der Waals surface area (Å²) in [6.45, 7) is 5.66. The Labute approximate surface area is 164 Å². The van der Waals surface area contributed by atoms with Crippen molar-refractivity contribution < 1.29 is 14.3 Å². The molecule has 3 N–H and O–H groups in total. The molecule has 2 heterocycles. The van der Waals surface area contributed by atoms with Gasteiger partial charge in [-0.2, -0.15) is 0 Å². The number of pyridine rings is 1. The summed E-state index contributed by atoms with van der Waals surface area (Å²) in [5.74, 6) is 0.305. The van der Waals surface area contributed by atoms with Crippen molar-refractivity contribution in [3.63, 3.8) is 0 Å². The molecule has 2 amide bonds. The topological polar surface area (TPSA) is 97.6 Å². The number of hydrogen-bond donors (Lipinski definition) is 2. The SMILES string of the molecule is CC1CN(c2ccc(C(=O)Nc3ccc(CCC(N)=O)cc3)cn2)CC(C)O1. The Hall–Kier alpha value is -2.93. The number of aromatic nitrogens is 1. The molecule has 0 saturated carbocycles. The van der Waals surface area contributed by atoms with Crippen LogP contribution in [0, 0.1) is 0 Å². The maximum absolute atomic E-state index is 12.5. The normalized spacial score (nSPS) is 19.3. The third-order valence-electron chi connectivity index (χ3n) is 4.63. The zero-order valence-electron chi connectivity index (χ0n) is 16.2. The van der Waals surface area contributed by atoms with Crippen molar-refractivity contribution in [3.8, 4) is 0 Å². The van der Waals surface area contributed by atoms with Gasteiger partial charge in [0, 0.05) is 31.4 Å². The third-order valence-corrected chi connectivity index (χ3v) is 4.63. The number of nitrogens with one attached hydrogen (secondary N) is 1. The summed E-state index contributed by atoms with van der Waals surface area (Å²) in [7, 11) is 0. The first kappa shape index (κ1) is 19.8. The molecule has 1 saturated heterocycles. The van der Waals surface area contributed by atoms with E-state index in [-0.39, 0.29) is 24.0 Å². The second kappa shape index (κ2) is 8.84. The minimum absolute atomic E-state index is 0.152. The van der Waals surface area contributed by atoms with Crippen LogP contribution in [0.15, 0.2) is 42.6 Å². The average Bonchev–Trinajstić information content (AvgIpc) is 2.67. The Kier molecular flexibility index (Phi) is 6.26. The number of rotatable bonds is 6. The highest BCUT2D eigenvalue weighted by molar-refractivity contribution is 6.04. The zero-order chi connectivity index (χ0) is 20.1. The van der Waals surface area contributed by atoms with Crippen LogP contribution in [0.1, 0.15) is 36.2 Å². The smallest absolute Gasteiger partial charge is 0.257 e. The van der Waals surface area contributed by atoms with E-state index in [2.05, 4.69) is 15.2 Å². The van der Waals surface area contributed by atoms with E-state index in [1.54, 1.807) is 12.3 Å². The zero-order valence-corrected chi connectivity index (χ0v) is 16.2. The molecule has 2 unspecified atom stereocenters. The van der Waals surface area contributed by atoms with Crippen molar-refractivity contribution >= 4 is 23.3 Å². The molecule has 2 aromatic rings. The number of benzene rings is 1. The van der Waals surface area contributed by atoms with E-state index in [0.717, 1.165) is 24.5 Å². The molecule has 28 heavy (non-hydrogen) atoms. The van der Waals surface area contributed by atoms with Crippen LogP contribution in [-0.4, -0.2) is 42.1 Å². The lowest BCUT2D eigenvalue weighted by atomic mass is 10.1. The summed E-state index contributed by atoms with van der Waals surface area (Å²) in [5, 5.41) is 2.86. The summed E-state index contributed by atoms with van der Waals surface area (Å²) in [4.78, 5) is 29.9. The van der Waals surface area contributed by atoms with Crippen molar-refractivity contribution in [2.45, 2.75) is 38.9 Å². The molecule has 0 aliphatic carbocycles. The number of ether oxygens (including phenoxy) is 1. The van der Waals surface area contributed by atoms with E-state index >= 15 is 0 Å². The van der Waals surface area contributed by atoms with Crippen LogP contribution in [0.25, 0.3) is 0 Å². The van der Waals surface area contributed by atoms with Crippen molar-refractivity contribution in [3.05, 3.63) is 53.7 Å². The number of aryl methyl sites for hydroxylation is 1. The van der Waals surface area contributed by atoms with Gasteiger partial charge >= 0.3 is 0 Å². The molecular formula is C21H26N4O3. The van der Waals surface area contributed by atoms with Gasteiger partial charge in [-0.1, -0.05) is 12.1 Å². The molecule has 3 rings (SSSR count). The van der Waals surface area contributed by atoms with Gasteiger partial charge < -0.3 is 20.7 Å². The summed E-state index contributed by atoms with van der Waals surface area (Å²) < 4.78 is 5.75. The Morgan fingerprint density at radius 1 is 1.14 bits per heavy atom. The van der Waals surface area contributed by atoms with Gasteiger partial charge in [-0.3, -0.25) is 9.59 Å². The lowest BCUT2D eigenvalue weighted by molar-refractivity contribution is -0.117. The van der Waals surface area contributed by atoms with Crippen LogP contribution in [0.2, 0.25) is 0 Å². The largest absolute Gasteiger partial charge is 0.372 e. The van der Waals surface area contributed by atoms with Gasteiger partial charge in [0.05, 0.1) is 17.8 Å². The molecule has 2 atom stereocenters. The highest BCUT2D eigenvalue weighted by atomic mass is 16.5. The van der Waals surface area contributed by atoms with Gasteiger partial charge in [-0.05, 0) is 50.1 Å². The Balaban J connectivity index is 1.59. The molecule has 1 aromatic carbocycles. The van der Waals surface area contributed by atoms with E-state index in [1.807, 2.05) is 44.2 Å². The monoisotopic (exact) mass is 382 g/mol. The Morgan fingerprint density at radius 3 is 2.39 bits per heavy atom. The first-order chi connectivity index (χ1) is 13.4. The fourth-order valence-corrected chi connectivity index (χ4v) is 3.30. The lowest BCUT2D eigenvalue weighted by Gasteiger charge is -2.36. The predicted octanol–water partition coefficient (Wildman–Crippen LogP) is 2.37. The van der Waals surface area contributed by atoms with Crippen LogP contribution in [0.3, 0.4) is 0 Å². The highest BCUT2D eigenvalue weighted by Crippen LogP contribution is 2.19. The van der Waals surface area contributed by atoms with Gasteiger partial charge in [0.1, 0.15) is 5.82 Å². The third kappa shape index (κ3) is 5.29. The second-order valence-corrected chi connectivity index (χ2v) is 7.18. The van der Waals surface area contributed by atoms with Crippen LogP contribution in [-0.2, 0) is 16.0 Å². The van der Waals surface area contributed by atoms with Crippen LogP contribution in [0.5, 0.6) is 0 Å². The Morgan fingerprint density at radius 2 is 1.82 bits per heavy atom. The number of primary amides is 1. The van der Waals surface area contributed by atoms with Crippen LogP contribution in [0.4, 0.5) is 11.5 Å². The van der Waals surface area contributed by atoms with E-state index in [9.17, 15) is 9.59 Å². The quantitative estimate of drug-likeness (QED) is 0.799. The number of nitrogens with two attached hydrogens (primary N) is 1. The molecule has 1 aliphatic heterocycles. The van der Waals surface area contributed by atoms with Gasteiger partial charge in [-0.25, -0.2) is 4.98 Å².